The molecule has 1 saturated heterocycles. The summed E-state index contributed by atoms with van der Waals surface area (Å²) in [5.74, 6) is -0.0461. The van der Waals surface area contributed by atoms with Gasteiger partial charge in [-0.25, -0.2) is 8.42 Å². The fourth-order valence-electron chi connectivity index (χ4n) is 3.27. The summed E-state index contributed by atoms with van der Waals surface area (Å²) < 4.78 is 27.3. The minimum atomic E-state index is -3.56. The van der Waals surface area contributed by atoms with E-state index >= 15 is 0 Å². The molecule has 2 N–H and O–H groups in total. The fraction of sp³-hybridized carbons (Fsp3) is 0.389. The summed E-state index contributed by atoms with van der Waals surface area (Å²) >= 11 is 0. The van der Waals surface area contributed by atoms with E-state index in [1.54, 1.807) is 17.0 Å². The molecule has 7 heteroatoms. The zero-order valence-corrected chi connectivity index (χ0v) is 14.7. The molecule has 2 fully saturated rings. The zero-order valence-electron chi connectivity index (χ0n) is 13.9. The van der Waals surface area contributed by atoms with Gasteiger partial charge in [0.15, 0.2) is 0 Å². The Balaban J connectivity index is 1.51. The lowest BCUT2D eigenvalue weighted by Crippen LogP contribution is -2.55. The van der Waals surface area contributed by atoms with Crippen LogP contribution < -0.4 is 5.73 Å². The maximum atomic E-state index is 12.9. The van der Waals surface area contributed by atoms with Crippen molar-refractivity contribution in [3.8, 4) is 0 Å². The second-order valence-corrected chi connectivity index (χ2v) is 8.80. The van der Waals surface area contributed by atoms with Crippen molar-refractivity contribution in [3.05, 3.63) is 42.5 Å². The number of carbonyl (C=O) groups is 1. The highest BCUT2D eigenvalue weighted by Crippen LogP contribution is 2.34. The van der Waals surface area contributed by atoms with Gasteiger partial charge in [-0.1, -0.05) is 30.3 Å². The van der Waals surface area contributed by atoms with Crippen molar-refractivity contribution >= 4 is 26.7 Å². The molecular formula is C18H21N3O3S. The quantitative estimate of drug-likeness (QED) is 0.891. The van der Waals surface area contributed by atoms with E-state index in [1.165, 1.54) is 4.31 Å². The normalized spacial score (nSPS) is 20.6. The first kappa shape index (κ1) is 16.5. The number of sulfonamides is 1. The van der Waals surface area contributed by atoms with Crippen LogP contribution in [0.3, 0.4) is 0 Å². The van der Waals surface area contributed by atoms with Crippen LogP contribution in [0.15, 0.2) is 47.4 Å². The molecule has 2 aromatic carbocycles. The van der Waals surface area contributed by atoms with Crippen molar-refractivity contribution in [3.63, 3.8) is 0 Å². The number of benzene rings is 2. The maximum absolute atomic E-state index is 12.9. The summed E-state index contributed by atoms with van der Waals surface area (Å²) in [6, 6.07) is 12.9. The number of fused-ring (bicyclic) bond motifs is 1. The standard InChI is InChI=1S/C18H21N3O3S/c19-18(7-8-18)17(22)20-9-11-21(12-10-20)25(23,24)16-6-5-14-3-1-2-4-15(14)13-16/h1-6,13H,7-12,19H2. The lowest BCUT2D eigenvalue weighted by atomic mass is 10.1. The third-order valence-electron chi connectivity index (χ3n) is 5.10. The van der Waals surface area contributed by atoms with Gasteiger partial charge >= 0.3 is 0 Å². The Labute approximate surface area is 147 Å². The lowest BCUT2D eigenvalue weighted by Gasteiger charge is -2.35. The summed E-state index contributed by atoms with van der Waals surface area (Å²) in [5.41, 5.74) is 5.27. The molecule has 0 atom stereocenters. The monoisotopic (exact) mass is 359 g/mol. The van der Waals surface area contributed by atoms with E-state index in [0.29, 0.717) is 31.1 Å². The van der Waals surface area contributed by atoms with Gasteiger partial charge in [0.1, 0.15) is 0 Å². The van der Waals surface area contributed by atoms with Crippen molar-refractivity contribution in [1.29, 1.82) is 0 Å². The maximum Gasteiger partial charge on any atom is 0.243 e. The van der Waals surface area contributed by atoms with Gasteiger partial charge in [-0.3, -0.25) is 4.79 Å². The summed E-state index contributed by atoms with van der Waals surface area (Å²) in [6.45, 7) is 1.39. The van der Waals surface area contributed by atoms with Gasteiger partial charge in [0.25, 0.3) is 0 Å². The molecule has 0 radical (unpaired) electrons. The molecule has 1 heterocycles. The predicted octanol–water partition coefficient (Wildman–Crippen LogP) is 1.16. The summed E-state index contributed by atoms with van der Waals surface area (Å²) in [5, 5.41) is 1.91. The Kier molecular flexibility index (Phi) is 3.82. The smallest absolute Gasteiger partial charge is 0.243 e. The minimum Gasteiger partial charge on any atom is -0.338 e. The first-order valence-electron chi connectivity index (χ1n) is 8.47. The first-order chi connectivity index (χ1) is 11.9. The molecule has 0 aromatic heterocycles. The van der Waals surface area contributed by atoms with Crippen LogP contribution in [-0.2, 0) is 14.8 Å². The topological polar surface area (TPSA) is 83.7 Å². The van der Waals surface area contributed by atoms with E-state index < -0.39 is 15.6 Å². The highest BCUT2D eigenvalue weighted by Gasteiger charge is 2.48. The highest BCUT2D eigenvalue weighted by atomic mass is 32.2. The van der Waals surface area contributed by atoms with E-state index in [4.69, 9.17) is 5.73 Å². The number of piperazine rings is 1. The molecule has 0 unspecified atom stereocenters. The first-order valence-corrected chi connectivity index (χ1v) is 9.91. The lowest BCUT2D eigenvalue weighted by molar-refractivity contribution is -0.134. The average molecular weight is 359 g/mol. The highest BCUT2D eigenvalue weighted by molar-refractivity contribution is 7.89. The number of carbonyl (C=O) groups excluding carboxylic acids is 1. The summed E-state index contributed by atoms with van der Waals surface area (Å²) in [4.78, 5) is 14.3. The van der Waals surface area contributed by atoms with E-state index in [2.05, 4.69) is 0 Å². The van der Waals surface area contributed by atoms with Crippen LogP contribution in [0.5, 0.6) is 0 Å². The van der Waals surface area contributed by atoms with Crippen LogP contribution >= 0.6 is 0 Å². The molecular weight excluding hydrogens is 338 g/mol. The van der Waals surface area contributed by atoms with Crippen molar-refractivity contribution < 1.29 is 13.2 Å². The summed E-state index contributed by atoms with van der Waals surface area (Å²) in [7, 11) is -3.56. The van der Waals surface area contributed by atoms with Crippen molar-refractivity contribution in [2.24, 2.45) is 5.73 Å². The van der Waals surface area contributed by atoms with E-state index in [9.17, 15) is 13.2 Å². The van der Waals surface area contributed by atoms with Crippen molar-refractivity contribution in [1.82, 2.24) is 9.21 Å². The zero-order chi connectivity index (χ0) is 17.7. The molecule has 2 aliphatic rings. The predicted molar refractivity (Wildman–Crippen MR) is 95.4 cm³/mol. The largest absolute Gasteiger partial charge is 0.338 e. The molecule has 4 rings (SSSR count). The summed E-state index contributed by atoms with van der Waals surface area (Å²) in [6.07, 6.45) is 1.45. The molecule has 6 nitrogen and oxygen atoms in total. The second kappa shape index (κ2) is 5.79. The minimum absolute atomic E-state index is 0.0461. The molecule has 1 aliphatic carbocycles. The number of nitrogens with two attached hydrogens (primary N) is 1. The van der Waals surface area contributed by atoms with Crippen molar-refractivity contribution in [2.75, 3.05) is 26.2 Å². The molecule has 25 heavy (non-hydrogen) atoms. The number of nitrogens with zero attached hydrogens (tertiary/aromatic N) is 2. The van der Waals surface area contributed by atoms with E-state index in [-0.39, 0.29) is 5.91 Å². The van der Waals surface area contributed by atoms with Gasteiger partial charge < -0.3 is 10.6 Å². The second-order valence-electron chi connectivity index (χ2n) is 6.86. The van der Waals surface area contributed by atoms with E-state index in [1.807, 2.05) is 30.3 Å². The van der Waals surface area contributed by atoms with Gasteiger partial charge in [-0.15, -0.1) is 0 Å². The van der Waals surface area contributed by atoms with Gasteiger partial charge in [0, 0.05) is 26.2 Å². The van der Waals surface area contributed by atoms with Crippen molar-refractivity contribution in [2.45, 2.75) is 23.3 Å². The number of hydrogen-bond acceptors (Lipinski definition) is 4. The Morgan fingerprint density at radius 1 is 0.960 bits per heavy atom. The number of rotatable bonds is 3. The fourth-order valence-corrected chi connectivity index (χ4v) is 4.73. The van der Waals surface area contributed by atoms with E-state index in [0.717, 1.165) is 23.6 Å². The van der Waals surface area contributed by atoms with Crippen LogP contribution in [0.2, 0.25) is 0 Å². The van der Waals surface area contributed by atoms with Gasteiger partial charge in [0.05, 0.1) is 10.4 Å². The molecule has 1 amide bonds. The van der Waals surface area contributed by atoms with Crippen LogP contribution in [0.1, 0.15) is 12.8 Å². The van der Waals surface area contributed by atoms with Crippen LogP contribution in [0.25, 0.3) is 10.8 Å². The number of amides is 1. The van der Waals surface area contributed by atoms with Crippen LogP contribution in [0, 0.1) is 0 Å². The Morgan fingerprint density at radius 3 is 2.24 bits per heavy atom. The van der Waals surface area contributed by atoms with Crippen LogP contribution in [0.4, 0.5) is 0 Å². The Hall–Kier alpha value is -1.96. The molecule has 2 aromatic rings. The van der Waals surface area contributed by atoms with Gasteiger partial charge in [-0.2, -0.15) is 4.31 Å². The van der Waals surface area contributed by atoms with Gasteiger partial charge in [-0.05, 0) is 35.7 Å². The Bertz CT molecular complexity index is 929. The van der Waals surface area contributed by atoms with Gasteiger partial charge in [0.2, 0.25) is 15.9 Å². The molecule has 1 aliphatic heterocycles. The molecule has 1 saturated carbocycles. The number of hydrogen-bond donors (Lipinski definition) is 1. The SMILES string of the molecule is NC1(C(=O)N2CCN(S(=O)(=O)c3ccc4ccccc4c3)CC2)CC1. The molecule has 0 bridgehead atoms. The molecule has 132 valence electrons. The van der Waals surface area contributed by atoms with Crippen LogP contribution in [-0.4, -0.2) is 55.2 Å². The molecule has 0 spiro atoms. The third-order valence-corrected chi connectivity index (χ3v) is 6.99. The third kappa shape index (κ3) is 2.92. The Morgan fingerprint density at radius 2 is 1.60 bits per heavy atom. The average Bonchev–Trinajstić information content (AvgIpc) is 3.39.